The molecule has 5 aromatic rings. The number of benzene rings is 4. The molecule has 2 heterocycles. The van der Waals surface area contributed by atoms with Gasteiger partial charge >= 0.3 is 0 Å². The fraction of sp³-hybridized carbons (Fsp3) is 0.129. The van der Waals surface area contributed by atoms with Crippen molar-refractivity contribution in [1.29, 1.82) is 0 Å². The van der Waals surface area contributed by atoms with Gasteiger partial charge in [0.1, 0.15) is 11.3 Å². The number of morpholine rings is 1. The van der Waals surface area contributed by atoms with Gasteiger partial charge in [-0.25, -0.2) is 0 Å². The first kappa shape index (κ1) is 21.4. The van der Waals surface area contributed by atoms with Crippen molar-refractivity contribution in [2.45, 2.75) is 0 Å². The van der Waals surface area contributed by atoms with Crippen molar-refractivity contribution in [2.24, 2.45) is 0 Å². The van der Waals surface area contributed by atoms with E-state index in [4.69, 9.17) is 9.15 Å². The summed E-state index contributed by atoms with van der Waals surface area (Å²) >= 11 is 0. The van der Waals surface area contributed by atoms with Crippen LogP contribution in [0.1, 0.15) is 21.5 Å². The smallest absolute Gasteiger partial charge is 0.254 e. The van der Waals surface area contributed by atoms with Crippen molar-refractivity contribution >= 4 is 39.8 Å². The topological polar surface area (TPSA) is 42.7 Å². The number of rotatable bonds is 4. The Balaban J connectivity index is 1.21. The average molecular weight is 460 g/mol. The lowest BCUT2D eigenvalue weighted by Crippen LogP contribution is -2.40. The highest BCUT2D eigenvalue weighted by molar-refractivity contribution is 6.07. The summed E-state index contributed by atoms with van der Waals surface area (Å²) in [6, 6.07) is 30.7. The Morgan fingerprint density at radius 2 is 1.54 bits per heavy atom. The molecule has 0 N–H and O–H groups in total. The van der Waals surface area contributed by atoms with Crippen molar-refractivity contribution in [3.8, 4) is 11.3 Å². The Hall–Kier alpha value is -4.15. The third kappa shape index (κ3) is 4.36. The molecule has 0 unspecified atom stereocenters. The Kier molecular flexibility index (Phi) is 5.65. The molecule has 1 fully saturated rings. The Labute approximate surface area is 204 Å². The van der Waals surface area contributed by atoms with Gasteiger partial charge in [-0.05, 0) is 46.2 Å². The van der Waals surface area contributed by atoms with E-state index in [-0.39, 0.29) is 5.91 Å². The zero-order chi connectivity index (χ0) is 23.6. The van der Waals surface area contributed by atoms with Crippen LogP contribution in [0.25, 0.3) is 45.2 Å². The van der Waals surface area contributed by atoms with E-state index in [0.29, 0.717) is 31.9 Å². The highest BCUT2D eigenvalue weighted by atomic mass is 16.5. The first-order chi connectivity index (χ1) is 17.2. The molecule has 1 saturated heterocycles. The number of furan rings is 1. The number of fused-ring (bicyclic) bond motifs is 3. The van der Waals surface area contributed by atoms with Crippen LogP contribution in [0.4, 0.5) is 0 Å². The molecule has 0 radical (unpaired) electrons. The maximum Gasteiger partial charge on any atom is 0.254 e. The molecule has 35 heavy (non-hydrogen) atoms. The predicted molar refractivity (Wildman–Crippen MR) is 141 cm³/mol. The molecule has 1 aliphatic rings. The molecular weight excluding hydrogens is 434 g/mol. The standard InChI is InChI=1S/C31H25NO3/c33-31(32-16-18-34-19-17-32)26-6-3-4-23(20-26)9-8-22-10-12-25(13-11-22)30-21-28-27-7-2-1-5-24(27)14-15-29(28)35-30/h1-15,20-21H,16-19H2. The average Bonchev–Trinajstić information content (AvgIpc) is 3.37. The van der Waals surface area contributed by atoms with Crippen molar-refractivity contribution < 1.29 is 13.9 Å². The van der Waals surface area contributed by atoms with Gasteiger partial charge in [-0.3, -0.25) is 4.79 Å². The maximum atomic E-state index is 12.8. The molecule has 1 aliphatic heterocycles. The number of amides is 1. The van der Waals surface area contributed by atoms with E-state index in [1.807, 2.05) is 41.3 Å². The molecule has 4 heteroatoms. The summed E-state index contributed by atoms with van der Waals surface area (Å²) < 4.78 is 11.5. The van der Waals surface area contributed by atoms with Crippen LogP contribution in [0, 0.1) is 0 Å². The van der Waals surface area contributed by atoms with Gasteiger partial charge in [0.15, 0.2) is 0 Å². The minimum Gasteiger partial charge on any atom is -0.456 e. The zero-order valence-corrected chi connectivity index (χ0v) is 19.3. The Bertz CT molecular complexity index is 1540. The van der Waals surface area contributed by atoms with E-state index in [1.54, 1.807) is 0 Å². The van der Waals surface area contributed by atoms with Crippen LogP contribution in [0.2, 0.25) is 0 Å². The molecule has 4 nitrogen and oxygen atoms in total. The van der Waals surface area contributed by atoms with Gasteiger partial charge in [0.2, 0.25) is 0 Å². The van der Waals surface area contributed by atoms with E-state index in [1.165, 1.54) is 10.8 Å². The first-order valence-electron chi connectivity index (χ1n) is 11.9. The van der Waals surface area contributed by atoms with Crippen LogP contribution in [0.3, 0.4) is 0 Å². The minimum atomic E-state index is 0.0616. The highest BCUT2D eigenvalue weighted by Crippen LogP contribution is 2.33. The molecular formula is C31H25NO3. The van der Waals surface area contributed by atoms with Crippen LogP contribution in [-0.2, 0) is 4.74 Å². The van der Waals surface area contributed by atoms with Gasteiger partial charge in [0, 0.05) is 29.6 Å². The molecule has 1 amide bonds. The molecule has 172 valence electrons. The number of ether oxygens (including phenoxy) is 1. The van der Waals surface area contributed by atoms with Crippen molar-refractivity contribution in [3.05, 3.63) is 108 Å². The number of hydrogen-bond donors (Lipinski definition) is 0. The summed E-state index contributed by atoms with van der Waals surface area (Å²) in [5.74, 6) is 0.924. The van der Waals surface area contributed by atoms with Gasteiger partial charge in [-0.1, -0.05) is 78.9 Å². The summed E-state index contributed by atoms with van der Waals surface area (Å²) in [5.41, 5.74) is 4.73. The van der Waals surface area contributed by atoms with Crippen molar-refractivity contribution in [1.82, 2.24) is 4.90 Å². The highest BCUT2D eigenvalue weighted by Gasteiger charge is 2.18. The normalized spacial score (nSPS) is 14.2. The molecule has 4 aromatic carbocycles. The van der Waals surface area contributed by atoms with Crippen LogP contribution >= 0.6 is 0 Å². The maximum absolute atomic E-state index is 12.8. The molecule has 0 aliphatic carbocycles. The molecule has 0 saturated carbocycles. The van der Waals surface area contributed by atoms with Crippen LogP contribution in [-0.4, -0.2) is 37.1 Å². The number of carbonyl (C=O) groups excluding carboxylic acids is 1. The fourth-order valence-electron chi connectivity index (χ4n) is 4.61. The van der Waals surface area contributed by atoms with Crippen molar-refractivity contribution in [3.63, 3.8) is 0 Å². The van der Waals surface area contributed by atoms with Crippen LogP contribution < -0.4 is 0 Å². The molecule has 1 aromatic heterocycles. The lowest BCUT2D eigenvalue weighted by atomic mass is 10.0. The van der Waals surface area contributed by atoms with E-state index in [9.17, 15) is 4.79 Å². The molecule has 6 rings (SSSR count). The lowest BCUT2D eigenvalue weighted by Gasteiger charge is -2.26. The van der Waals surface area contributed by atoms with Crippen molar-refractivity contribution in [2.75, 3.05) is 26.3 Å². The SMILES string of the molecule is O=C(c1cccc(C=Cc2ccc(-c3cc4c(ccc5ccccc54)o3)cc2)c1)N1CCOCC1. The Morgan fingerprint density at radius 3 is 2.40 bits per heavy atom. The van der Waals surface area contributed by atoms with Crippen LogP contribution in [0.5, 0.6) is 0 Å². The monoisotopic (exact) mass is 459 g/mol. The summed E-state index contributed by atoms with van der Waals surface area (Å²) in [5, 5.41) is 3.55. The largest absolute Gasteiger partial charge is 0.456 e. The number of nitrogens with zero attached hydrogens (tertiary/aromatic N) is 1. The molecule has 0 bridgehead atoms. The van der Waals surface area contributed by atoms with E-state index in [2.05, 4.69) is 66.7 Å². The second-order valence-corrected chi connectivity index (χ2v) is 8.79. The summed E-state index contributed by atoms with van der Waals surface area (Å²) in [6.45, 7) is 2.50. The summed E-state index contributed by atoms with van der Waals surface area (Å²) in [7, 11) is 0. The van der Waals surface area contributed by atoms with E-state index >= 15 is 0 Å². The second-order valence-electron chi connectivity index (χ2n) is 8.79. The third-order valence-corrected chi connectivity index (χ3v) is 6.52. The number of hydrogen-bond acceptors (Lipinski definition) is 3. The van der Waals surface area contributed by atoms with E-state index in [0.717, 1.165) is 33.4 Å². The third-order valence-electron chi connectivity index (χ3n) is 6.52. The van der Waals surface area contributed by atoms with Gasteiger partial charge in [-0.2, -0.15) is 0 Å². The molecule has 0 spiro atoms. The number of carbonyl (C=O) groups is 1. The minimum absolute atomic E-state index is 0.0616. The van der Waals surface area contributed by atoms with Crippen LogP contribution in [0.15, 0.2) is 95.4 Å². The summed E-state index contributed by atoms with van der Waals surface area (Å²) in [6.07, 6.45) is 4.10. The summed E-state index contributed by atoms with van der Waals surface area (Å²) in [4.78, 5) is 14.6. The van der Waals surface area contributed by atoms with E-state index < -0.39 is 0 Å². The van der Waals surface area contributed by atoms with Gasteiger partial charge in [0.05, 0.1) is 13.2 Å². The fourth-order valence-corrected chi connectivity index (χ4v) is 4.61. The van der Waals surface area contributed by atoms with Gasteiger partial charge in [-0.15, -0.1) is 0 Å². The molecule has 0 atom stereocenters. The predicted octanol–water partition coefficient (Wildman–Crippen LogP) is 6.90. The van der Waals surface area contributed by atoms with Gasteiger partial charge < -0.3 is 14.1 Å². The van der Waals surface area contributed by atoms with Gasteiger partial charge in [0.25, 0.3) is 5.91 Å². The lowest BCUT2D eigenvalue weighted by molar-refractivity contribution is 0.0303. The first-order valence-corrected chi connectivity index (χ1v) is 11.9. The Morgan fingerprint density at radius 1 is 0.743 bits per heavy atom. The quantitative estimate of drug-likeness (QED) is 0.275. The second kappa shape index (κ2) is 9.24. The zero-order valence-electron chi connectivity index (χ0n) is 19.3.